The lowest BCUT2D eigenvalue weighted by Crippen LogP contribution is -2.14. The Bertz CT molecular complexity index is 1600. The Morgan fingerprint density at radius 1 is 0.941 bits per heavy atom. The summed E-state index contributed by atoms with van der Waals surface area (Å²) in [5.74, 6) is -0.0990. The molecule has 6 aromatic rings. The monoisotopic (exact) mass is 445 g/mol. The first-order valence-corrected chi connectivity index (χ1v) is 10.8. The molecule has 8 nitrogen and oxygen atoms in total. The van der Waals surface area contributed by atoms with Crippen LogP contribution in [0.2, 0.25) is 0 Å². The molecule has 8 heteroatoms. The number of H-pyrrole nitrogens is 2. The van der Waals surface area contributed by atoms with E-state index >= 15 is 0 Å². The van der Waals surface area contributed by atoms with E-state index in [4.69, 9.17) is 0 Å². The Morgan fingerprint density at radius 2 is 1.85 bits per heavy atom. The summed E-state index contributed by atoms with van der Waals surface area (Å²) in [5.41, 5.74) is 6.40. The number of anilines is 1. The maximum absolute atomic E-state index is 12.5. The second-order valence-corrected chi connectivity index (χ2v) is 7.98. The zero-order valence-corrected chi connectivity index (χ0v) is 18.0. The van der Waals surface area contributed by atoms with Crippen molar-refractivity contribution >= 4 is 33.5 Å². The van der Waals surface area contributed by atoms with E-state index in [0.717, 1.165) is 50.1 Å². The normalized spacial score (nSPS) is 11.2. The fraction of sp³-hybridized carbons (Fsp3) is 0.0385. The molecule has 6 rings (SSSR count). The highest BCUT2D eigenvalue weighted by molar-refractivity contribution is 5.96. The summed E-state index contributed by atoms with van der Waals surface area (Å²) in [7, 11) is 0. The van der Waals surface area contributed by atoms with E-state index < -0.39 is 0 Å². The van der Waals surface area contributed by atoms with Gasteiger partial charge in [-0.2, -0.15) is 5.10 Å². The third-order valence-corrected chi connectivity index (χ3v) is 5.62. The molecule has 0 atom stereocenters. The number of carbonyl (C=O) groups is 1. The van der Waals surface area contributed by atoms with Crippen molar-refractivity contribution in [2.24, 2.45) is 0 Å². The van der Waals surface area contributed by atoms with Gasteiger partial charge in [-0.05, 0) is 35.9 Å². The number of pyridine rings is 3. The SMILES string of the molecule is O=C(Cc1ccccc1)Nc1cncc(-c2cc3c(-c4cc5cccnc5[nH]4)n[nH]c3cn2)c1. The third-order valence-electron chi connectivity index (χ3n) is 5.62. The summed E-state index contributed by atoms with van der Waals surface area (Å²) < 4.78 is 0. The summed E-state index contributed by atoms with van der Waals surface area (Å²) in [5, 5.41) is 12.4. The van der Waals surface area contributed by atoms with Crippen molar-refractivity contribution in [1.82, 2.24) is 30.1 Å². The number of carbonyl (C=O) groups excluding carboxylic acids is 1. The second kappa shape index (κ2) is 8.25. The minimum Gasteiger partial charge on any atom is -0.338 e. The highest BCUT2D eigenvalue weighted by atomic mass is 16.1. The maximum atomic E-state index is 12.5. The second-order valence-electron chi connectivity index (χ2n) is 7.98. The average Bonchev–Trinajstić information content (AvgIpc) is 3.48. The molecule has 0 radical (unpaired) electrons. The molecule has 0 saturated carbocycles. The van der Waals surface area contributed by atoms with Crippen LogP contribution in [0.5, 0.6) is 0 Å². The van der Waals surface area contributed by atoms with E-state index in [2.05, 4.69) is 35.5 Å². The Balaban J connectivity index is 1.30. The van der Waals surface area contributed by atoms with Crippen LogP contribution >= 0.6 is 0 Å². The molecule has 3 N–H and O–H groups in total. The molecular weight excluding hydrogens is 426 g/mol. The summed E-state index contributed by atoms with van der Waals surface area (Å²) in [4.78, 5) is 29.0. The predicted molar refractivity (Wildman–Crippen MR) is 131 cm³/mol. The van der Waals surface area contributed by atoms with Crippen molar-refractivity contribution < 1.29 is 4.79 Å². The molecule has 5 heterocycles. The summed E-state index contributed by atoms with van der Waals surface area (Å²) in [6.07, 6.45) is 7.17. The van der Waals surface area contributed by atoms with Crippen LogP contribution in [-0.4, -0.2) is 36.0 Å². The van der Waals surface area contributed by atoms with Gasteiger partial charge in [0.1, 0.15) is 11.3 Å². The Morgan fingerprint density at radius 3 is 2.74 bits per heavy atom. The van der Waals surface area contributed by atoms with Gasteiger partial charge in [0.25, 0.3) is 0 Å². The number of aromatic amines is 2. The highest BCUT2D eigenvalue weighted by Crippen LogP contribution is 2.30. The van der Waals surface area contributed by atoms with Gasteiger partial charge in [0.15, 0.2) is 0 Å². The molecule has 1 amide bonds. The highest BCUT2D eigenvalue weighted by Gasteiger charge is 2.14. The molecule has 34 heavy (non-hydrogen) atoms. The molecular formula is C26H19N7O. The smallest absolute Gasteiger partial charge is 0.228 e. The van der Waals surface area contributed by atoms with E-state index in [1.807, 2.05) is 60.7 Å². The topological polar surface area (TPSA) is 112 Å². The van der Waals surface area contributed by atoms with Crippen molar-refractivity contribution in [2.45, 2.75) is 6.42 Å². The molecule has 0 aliphatic carbocycles. The van der Waals surface area contributed by atoms with Gasteiger partial charge in [0, 0.05) is 28.7 Å². The molecule has 0 aliphatic heterocycles. The van der Waals surface area contributed by atoms with E-state index in [-0.39, 0.29) is 5.91 Å². The molecule has 5 aromatic heterocycles. The van der Waals surface area contributed by atoms with Crippen molar-refractivity contribution in [2.75, 3.05) is 5.32 Å². The zero-order valence-electron chi connectivity index (χ0n) is 18.0. The molecule has 1 aromatic carbocycles. The van der Waals surface area contributed by atoms with Crippen LogP contribution in [0.4, 0.5) is 5.69 Å². The van der Waals surface area contributed by atoms with Crippen LogP contribution in [0.15, 0.2) is 85.5 Å². The van der Waals surface area contributed by atoms with E-state index in [1.54, 1.807) is 24.8 Å². The third kappa shape index (κ3) is 3.77. The molecule has 0 unspecified atom stereocenters. The molecule has 0 bridgehead atoms. The number of hydrogen-bond acceptors (Lipinski definition) is 5. The first kappa shape index (κ1) is 19.8. The lowest BCUT2D eigenvalue weighted by atomic mass is 10.1. The van der Waals surface area contributed by atoms with Crippen LogP contribution in [0.1, 0.15) is 5.56 Å². The lowest BCUT2D eigenvalue weighted by Gasteiger charge is -2.07. The van der Waals surface area contributed by atoms with Crippen LogP contribution in [0, 0.1) is 0 Å². The van der Waals surface area contributed by atoms with Crippen LogP contribution in [0.25, 0.3) is 44.6 Å². The Labute approximate surface area is 194 Å². The first-order chi connectivity index (χ1) is 16.7. The summed E-state index contributed by atoms with van der Waals surface area (Å²) in [6, 6.07) is 19.4. The molecule has 0 spiro atoms. The van der Waals surface area contributed by atoms with E-state index in [0.29, 0.717) is 12.1 Å². The van der Waals surface area contributed by atoms with Crippen molar-refractivity contribution in [3.05, 3.63) is 91.0 Å². The number of rotatable bonds is 5. The van der Waals surface area contributed by atoms with Gasteiger partial charge >= 0.3 is 0 Å². The van der Waals surface area contributed by atoms with Gasteiger partial charge in [-0.1, -0.05) is 30.3 Å². The maximum Gasteiger partial charge on any atom is 0.228 e. The standard InChI is InChI=1S/C26H19N7O/c34-24(9-16-5-2-1-3-6-16)30-19-10-18(13-27-14-19)21-12-20-23(15-29-21)32-33-25(20)22-11-17-7-4-8-28-26(17)31-22/h1-8,10-15H,9H2,(H,28,31)(H,30,34)(H,32,33). The number of amides is 1. The van der Waals surface area contributed by atoms with Crippen molar-refractivity contribution in [3.8, 4) is 22.6 Å². The van der Waals surface area contributed by atoms with Gasteiger partial charge in [0.2, 0.25) is 5.91 Å². The number of benzene rings is 1. The zero-order chi connectivity index (χ0) is 22.9. The molecule has 0 fully saturated rings. The van der Waals surface area contributed by atoms with E-state index in [9.17, 15) is 4.79 Å². The van der Waals surface area contributed by atoms with Gasteiger partial charge in [0.05, 0.1) is 41.4 Å². The largest absolute Gasteiger partial charge is 0.338 e. The van der Waals surface area contributed by atoms with Gasteiger partial charge < -0.3 is 10.3 Å². The molecule has 0 saturated heterocycles. The molecule has 164 valence electrons. The van der Waals surface area contributed by atoms with Gasteiger partial charge in [-0.3, -0.25) is 19.9 Å². The van der Waals surface area contributed by atoms with Crippen molar-refractivity contribution in [3.63, 3.8) is 0 Å². The van der Waals surface area contributed by atoms with Crippen molar-refractivity contribution in [1.29, 1.82) is 0 Å². The van der Waals surface area contributed by atoms with Crippen LogP contribution in [0.3, 0.4) is 0 Å². The number of nitrogens with one attached hydrogen (secondary N) is 3. The summed E-state index contributed by atoms with van der Waals surface area (Å²) >= 11 is 0. The minimum atomic E-state index is -0.0990. The van der Waals surface area contributed by atoms with E-state index in [1.165, 1.54) is 0 Å². The fourth-order valence-electron chi connectivity index (χ4n) is 4.00. The predicted octanol–water partition coefficient (Wildman–Crippen LogP) is 4.74. The number of fused-ring (bicyclic) bond motifs is 2. The van der Waals surface area contributed by atoms with Gasteiger partial charge in [-0.15, -0.1) is 0 Å². The fourth-order valence-corrected chi connectivity index (χ4v) is 4.00. The minimum absolute atomic E-state index is 0.0990. The lowest BCUT2D eigenvalue weighted by molar-refractivity contribution is -0.115. The summed E-state index contributed by atoms with van der Waals surface area (Å²) in [6.45, 7) is 0. The quantitative estimate of drug-likeness (QED) is 0.355. The Hall–Kier alpha value is -4.85. The number of aromatic nitrogens is 6. The first-order valence-electron chi connectivity index (χ1n) is 10.8. The molecule has 0 aliphatic rings. The number of hydrogen-bond donors (Lipinski definition) is 3. The van der Waals surface area contributed by atoms with Gasteiger partial charge in [-0.25, -0.2) is 4.98 Å². The Kier molecular flexibility index (Phi) is 4.81. The van der Waals surface area contributed by atoms with Crippen LogP contribution < -0.4 is 5.32 Å². The number of nitrogens with zero attached hydrogens (tertiary/aromatic N) is 4. The van der Waals surface area contributed by atoms with Crippen LogP contribution in [-0.2, 0) is 11.2 Å². The average molecular weight is 445 g/mol.